The molecule has 22 heavy (non-hydrogen) atoms. The van der Waals surface area contributed by atoms with Crippen LogP contribution in [-0.2, 0) is 6.42 Å². The molecule has 0 bridgehead atoms. The SMILES string of the molecule is O=C1NC(c2cc(F)ccc2Cl)c2c(Br)cc3c(c21)CCS3. The first kappa shape index (κ1) is 14.5. The summed E-state index contributed by atoms with van der Waals surface area (Å²) in [5, 5.41) is 3.39. The molecule has 1 unspecified atom stereocenters. The molecular weight excluding hydrogens is 389 g/mol. The number of hydrogen-bond donors (Lipinski definition) is 1. The van der Waals surface area contributed by atoms with Gasteiger partial charge in [-0.1, -0.05) is 27.5 Å². The third-order valence-electron chi connectivity index (χ3n) is 4.05. The summed E-state index contributed by atoms with van der Waals surface area (Å²) in [7, 11) is 0. The minimum absolute atomic E-state index is 0.111. The van der Waals surface area contributed by atoms with E-state index in [1.165, 1.54) is 18.2 Å². The number of benzene rings is 2. The molecule has 2 aliphatic heterocycles. The van der Waals surface area contributed by atoms with Gasteiger partial charge in [0.15, 0.2) is 0 Å². The quantitative estimate of drug-likeness (QED) is 0.753. The molecule has 1 N–H and O–H groups in total. The highest BCUT2D eigenvalue weighted by Gasteiger charge is 2.37. The lowest BCUT2D eigenvalue weighted by Gasteiger charge is -2.16. The Morgan fingerprint density at radius 1 is 1.36 bits per heavy atom. The van der Waals surface area contributed by atoms with Crippen LogP contribution in [0.2, 0.25) is 5.02 Å². The maximum absolute atomic E-state index is 13.6. The van der Waals surface area contributed by atoms with Crippen molar-refractivity contribution in [2.45, 2.75) is 17.4 Å². The normalized spacial score (nSPS) is 19.0. The van der Waals surface area contributed by atoms with Crippen LogP contribution >= 0.6 is 39.3 Å². The molecule has 2 aromatic carbocycles. The molecule has 1 atom stereocenters. The lowest BCUT2D eigenvalue weighted by atomic mass is 9.94. The van der Waals surface area contributed by atoms with Gasteiger partial charge in [-0.25, -0.2) is 4.39 Å². The Bertz CT molecular complexity index is 826. The molecule has 0 saturated heterocycles. The van der Waals surface area contributed by atoms with Crippen LogP contribution in [0, 0.1) is 5.82 Å². The predicted octanol–water partition coefficient (Wildman–Crippen LogP) is 4.72. The highest BCUT2D eigenvalue weighted by Crippen LogP contribution is 2.45. The Kier molecular flexibility index (Phi) is 3.47. The third-order valence-corrected chi connectivity index (χ3v) is 6.14. The van der Waals surface area contributed by atoms with Crippen LogP contribution in [-0.4, -0.2) is 11.7 Å². The van der Waals surface area contributed by atoms with E-state index in [1.54, 1.807) is 11.8 Å². The summed E-state index contributed by atoms with van der Waals surface area (Å²) >= 11 is 11.5. The molecular formula is C16H10BrClFNOS. The summed E-state index contributed by atoms with van der Waals surface area (Å²) in [4.78, 5) is 13.6. The molecule has 112 valence electrons. The van der Waals surface area contributed by atoms with Gasteiger partial charge in [-0.2, -0.15) is 0 Å². The third kappa shape index (κ3) is 2.10. The van der Waals surface area contributed by atoms with Crippen molar-refractivity contribution >= 4 is 45.2 Å². The lowest BCUT2D eigenvalue weighted by molar-refractivity contribution is 0.0959. The molecule has 1 amide bonds. The van der Waals surface area contributed by atoms with Gasteiger partial charge < -0.3 is 5.32 Å². The van der Waals surface area contributed by atoms with E-state index < -0.39 is 6.04 Å². The van der Waals surface area contributed by atoms with Crippen molar-refractivity contribution in [3.05, 3.63) is 61.8 Å². The van der Waals surface area contributed by atoms with Crippen molar-refractivity contribution in [1.29, 1.82) is 0 Å². The fraction of sp³-hybridized carbons (Fsp3) is 0.188. The Balaban J connectivity index is 1.95. The summed E-state index contributed by atoms with van der Waals surface area (Å²) in [5.41, 5.74) is 3.26. The summed E-state index contributed by atoms with van der Waals surface area (Å²) < 4.78 is 14.5. The maximum atomic E-state index is 13.6. The number of thioether (sulfide) groups is 1. The number of carbonyl (C=O) groups excluding carboxylic acids is 1. The highest BCUT2D eigenvalue weighted by atomic mass is 79.9. The molecule has 2 aromatic rings. The number of rotatable bonds is 1. The molecule has 0 fully saturated rings. The van der Waals surface area contributed by atoms with E-state index in [1.807, 2.05) is 6.07 Å². The summed E-state index contributed by atoms with van der Waals surface area (Å²) in [5.74, 6) is 0.506. The van der Waals surface area contributed by atoms with Gasteiger partial charge in [0, 0.05) is 31.3 Å². The summed E-state index contributed by atoms with van der Waals surface area (Å²) in [6, 6.07) is 5.85. The first-order chi connectivity index (χ1) is 10.6. The van der Waals surface area contributed by atoms with Crippen molar-refractivity contribution in [2.75, 3.05) is 5.75 Å². The topological polar surface area (TPSA) is 29.1 Å². The Labute approximate surface area is 144 Å². The van der Waals surface area contributed by atoms with E-state index in [0.29, 0.717) is 10.6 Å². The van der Waals surface area contributed by atoms with E-state index in [2.05, 4.69) is 21.2 Å². The monoisotopic (exact) mass is 397 g/mol. The molecule has 0 spiro atoms. The fourth-order valence-corrected chi connectivity index (χ4v) is 5.25. The van der Waals surface area contributed by atoms with Gasteiger partial charge in [0.05, 0.1) is 11.6 Å². The van der Waals surface area contributed by atoms with Gasteiger partial charge in [-0.05, 0) is 36.2 Å². The Morgan fingerprint density at radius 2 is 2.18 bits per heavy atom. The summed E-state index contributed by atoms with van der Waals surface area (Å²) in [6.07, 6.45) is 0.882. The maximum Gasteiger partial charge on any atom is 0.252 e. The van der Waals surface area contributed by atoms with Crippen LogP contribution < -0.4 is 5.32 Å². The lowest BCUT2D eigenvalue weighted by Crippen LogP contribution is -2.20. The van der Waals surface area contributed by atoms with E-state index >= 15 is 0 Å². The van der Waals surface area contributed by atoms with Crippen molar-refractivity contribution < 1.29 is 9.18 Å². The van der Waals surface area contributed by atoms with Crippen molar-refractivity contribution in [1.82, 2.24) is 5.32 Å². The van der Waals surface area contributed by atoms with Crippen molar-refractivity contribution in [3.63, 3.8) is 0 Å². The standard InChI is InChI=1S/C16H10BrClFNOS/c17-10-6-12-8(3-4-22-12)13-14(10)15(20-16(13)21)9-5-7(19)1-2-11(9)18/h1-2,5-6,15H,3-4H2,(H,20,21). The molecule has 6 heteroatoms. The van der Waals surface area contributed by atoms with Gasteiger partial charge in [0.1, 0.15) is 5.82 Å². The average molecular weight is 399 g/mol. The Hall–Kier alpha value is -1.04. The molecule has 0 aliphatic carbocycles. The van der Waals surface area contributed by atoms with Gasteiger partial charge in [0.25, 0.3) is 5.91 Å². The largest absolute Gasteiger partial charge is 0.341 e. The van der Waals surface area contributed by atoms with Crippen LogP contribution in [0.5, 0.6) is 0 Å². The Morgan fingerprint density at radius 3 is 3.00 bits per heavy atom. The number of nitrogens with one attached hydrogen (secondary N) is 1. The number of carbonyl (C=O) groups is 1. The van der Waals surface area contributed by atoms with Crippen LogP contribution in [0.25, 0.3) is 0 Å². The van der Waals surface area contributed by atoms with Gasteiger partial charge in [-0.15, -0.1) is 11.8 Å². The molecule has 2 aliphatic rings. The number of hydrogen-bond acceptors (Lipinski definition) is 2. The van der Waals surface area contributed by atoms with Gasteiger partial charge in [0.2, 0.25) is 0 Å². The first-order valence-electron chi connectivity index (χ1n) is 6.80. The second-order valence-electron chi connectivity index (χ2n) is 5.29. The van der Waals surface area contributed by atoms with Crippen molar-refractivity contribution in [3.8, 4) is 0 Å². The minimum Gasteiger partial charge on any atom is -0.341 e. The molecule has 0 saturated carbocycles. The van der Waals surface area contributed by atoms with Crippen molar-refractivity contribution in [2.24, 2.45) is 0 Å². The zero-order valence-electron chi connectivity index (χ0n) is 11.3. The molecule has 4 rings (SSSR count). The number of halogens is 3. The van der Waals surface area contributed by atoms with Crippen LogP contribution in [0.15, 0.2) is 33.6 Å². The molecule has 0 aromatic heterocycles. The number of fused-ring (bicyclic) bond motifs is 3. The second-order valence-corrected chi connectivity index (χ2v) is 7.69. The van der Waals surface area contributed by atoms with Crippen LogP contribution in [0.3, 0.4) is 0 Å². The predicted molar refractivity (Wildman–Crippen MR) is 89.3 cm³/mol. The van der Waals surface area contributed by atoms with Crippen LogP contribution in [0.1, 0.15) is 33.1 Å². The van der Waals surface area contributed by atoms with E-state index in [0.717, 1.165) is 38.2 Å². The molecule has 2 heterocycles. The zero-order chi connectivity index (χ0) is 15.4. The van der Waals surface area contributed by atoms with E-state index in [4.69, 9.17) is 11.6 Å². The minimum atomic E-state index is -0.420. The second kappa shape index (κ2) is 5.25. The number of amides is 1. The average Bonchev–Trinajstić information content (AvgIpc) is 3.06. The van der Waals surface area contributed by atoms with Gasteiger partial charge in [-0.3, -0.25) is 4.79 Å². The van der Waals surface area contributed by atoms with Crippen LogP contribution in [0.4, 0.5) is 4.39 Å². The summed E-state index contributed by atoms with van der Waals surface area (Å²) in [6.45, 7) is 0. The fourth-order valence-electron chi connectivity index (χ4n) is 3.11. The highest BCUT2D eigenvalue weighted by molar-refractivity contribution is 9.10. The van der Waals surface area contributed by atoms with Gasteiger partial charge >= 0.3 is 0 Å². The van der Waals surface area contributed by atoms with E-state index in [-0.39, 0.29) is 11.7 Å². The smallest absolute Gasteiger partial charge is 0.252 e. The zero-order valence-corrected chi connectivity index (χ0v) is 14.4. The van der Waals surface area contributed by atoms with E-state index in [9.17, 15) is 9.18 Å². The molecule has 0 radical (unpaired) electrons. The molecule has 2 nitrogen and oxygen atoms in total. The first-order valence-corrected chi connectivity index (χ1v) is 8.96.